The summed E-state index contributed by atoms with van der Waals surface area (Å²) in [5.74, 6) is -0.255. The Balaban J connectivity index is 3.17. The molecule has 0 aromatic carbocycles. The zero-order chi connectivity index (χ0) is 15.4. The molecular weight excluding hydrogens is 260 g/mol. The second-order valence-corrected chi connectivity index (χ2v) is 5.24. The van der Waals surface area contributed by atoms with Crippen LogP contribution in [0.2, 0.25) is 0 Å². The van der Waals surface area contributed by atoms with Gasteiger partial charge in [-0.05, 0) is 36.6 Å². The van der Waals surface area contributed by atoms with Gasteiger partial charge in [0.1, 0.15) is 5.60 Å². The third-order valence-corrected chi connectivity index (χ3v) is 4.39. The highest BCUT2D eigenvalue weighted by molar-refractivity contribution is 5.74. The van der Waals surface area contributed by atoms with Gasteiger partial charge in [-0.3, -0.25) is 4.79 Å². The van der Waals surface area contributed by atoms with Crippen LogP contribution in [0.4, 0.5) is 0 Å². The maximum Gasteiger partial charge on any atom is 0.311 e. The third-order valence-electron chi connectivity index (χ3n) is 4.39. The lowest BCUT2D eigenvalue weighted by Crippen LogP contribution is -2.37. The molecule has 0 radical (unpaired) electrons. The molecular formula is C13H24N4O3. The van der Waals surface area contributed by atoms with Crippen LogP contribution < -0.4 is 0 Å². The lowest BCUT2D eigenvalue weighted by molar-refractivity contribution is -0.150. The van der Waals surface area contributed by atoms with Crippen LogP contribution in [0.25, 0.3) is 0 Å². The van der Waals surface area contributed by atoms with Gasteiger partial charge in [0.2, 0.25) is 0 Å². The van der Waals surface area contributed by atoms with Gasteiger partial charge in [-0.2, -0.15) is 0 Å². The fraction of sp³-hybridized carbons (Fsp3) is 0.846. The Morgan fingerprint density at radius 1 is 1.30 bits per heavy atom. The van der Waals surface area contributed by atoms with Gasteiger partial charge < -0.3 is 9.84 Å². The zero-order valence-electron chi connectivity index (χ0n) is 12.9. The number of hydrogen-bond acceptors (Lipinski definition) is 5. The highest BCUT2D eigenvalue weighted by Crippen LogP contribution is 2.32. The average Bonchev–Trinajstić information content (AvgIpc) is 2.92. The molecule has 7 nitrogen and oxygen atoms in total. The summed E-state index contributed by atoms with van der Waals surface area (Å²) in [5.41, 5.74) is -1.47. The van der Waals surface area contributed by atoms with E-state index in [1.54, 1.807) is 11.8 Å². The van der Waals surface area contributed by atoms with Gasteiger partial charge >= 0.3 is 5.97 Å². The maximum atomic E-state index is 11.6. The number of rotatable bonds is 8. The first-order chi connectivity index (χ1) is 9.39. The summed E-state index contributed by atoms with van der Waals surface area (Å²) in [6, 6.07) is 0. The van der Waals surface area contributed by atoms with Crippen LogP contribution in [0.5, 0.6) is 0 Å². The molecule has 0 saturated carbocycles. The van der Waals surface area contributed by atoms with Gasteiger partial charge in [0, 0.05) is 7.11 Å². The minimum atomic E-state index is -0.855. The summed E-state index contributed by atoms with van der Waals surface area (Å²) in [7, 11) is 1.60. The smallest absolute Gasteiger partial charge is 0.311 e. The number of carboxylic acids is 1. The zero-order valence-corrected chi connectivity index (χ0v) is 12.9. The van der Waals surface area contributed by atoms with Crippen molar-refractivity contribution in [2.75, 3.05) is 7.11 Å². The van der Waals surface area contributed by atoms with Crippen molar-refractivity contribution in [2.45, 2.75) is 59.1 Å². The Labute approximate surface area is 119 Å². The monoisotopic (exact) mass is 284 g/mol. The van der Waals surface area contributed by atoms with Crippen LogP contribution >= 0.6 is 0 Å². The number of hydrogen-bond donors (Lipinski definition) is 1. The van der Waals surface area contributed by atoms with E-state index in [0.29, 0.717) is 25.1 Å². The maximum absolute atomic E-state index is 11.6. The summed E-state index contributed by atoms with van der Waals surface area (Å²) in [5, 5.41) is 21.2. The molecule has 1 heterocycles. The lowest BCUT2D eigenvalue weighted by atomic mass is 9.82. The van der Waals surface area contributed by atoms with Crippen molar-refractivity contribution in [1.82, 2.24) is 20.2 Å². The Bertz CT molecular complexity index is 450. The van der Waals surface area contributed by atoms with Gasteiger partial charge in [-0.15, -0.1) is 5.10 Å². The topological polar surface area (TPSA) is 90.1 Å². The molecule has 0 bridgehead atoms. The Hall–Kier alpha value is -1.50. The number of tetrazole rings is 1. The molecule has 1 atom stereocenters. The quantitative estimate of drug-likeness (QED) is 0.783. The molecule has 1 N–H and O–H groups in total. The number of carboxylic acid groups (broad SMARTS) is 1. The molecule has 7 heteroatoms. The second kappa shape index (κ2) is 6.30. The van der Waals surface area contributed by atoms with E-state index in [4.69, 9.17) is 4.74 Å². The van der Waals surface area contributed by atoms with Crippen molar-refractivity contribution in [1.29, 1.82) is 0 Å². The van der Waals surface area contributed by atoms with Gasteiger partial charge in [-0.25, -0.2) is 4.68 Å². The van der Waals surface area contributed by atoms with Crippen LogP contribution in [0.1, 0.15) is 52.8 Å². The van der Waals surface area contributed by atoms with Crippen LogP contribution in [-0.4, -0.2) is 38.4 Å². The lowest BCUT2D eigenvalue weighted by Gasteiger charge is -2.30. The van der Waals surface area contributed by atoms with Crippen molar-refractivity contribution in [2.24, 2.45) is 5.41 Å². The van der Waals surface area contributed by atoms with E-state index in [2.05, 4.69) is 15.5 Å². The molecule has 0 aliphatic heterocycles. The summed E-state index contributed by atoms with van der Waals surface area (Å²) in [6.45, 7) is 7.87. The van der Waals surface area contributed by atoms with Gasteiger partial charge in [-0.1, -0.05) is 20.8 Å². The molecule has 114 valence electrons. The molecule has 1 unspecified atom stereocenters. The summed E-state index contributed by atoms with van der Waals surface area (Å²) < 4.78 is 7.07. The molecule has 0 aliphatic carbocycles. The van der Waals surface area contributed by atoms with Gasteiger partial charge in [0.15, 0.2) is 5.82 Å². The van der Waals surface area contributed by atoms with Crippen molar-refractivity contribution < 1.29 is 14.6 Å². The summed E-state index contributed by atoms with van der Waals surface area (Å²) in [6.07, 6.45) is 1.74. The molecule has 0 amide bonds. The first kappa shape index (κ1) is 16.6. The fourth-order valence-electron chi connectivity index (χ4n) is 2.21. The average molecular weight is 284 g/mol. The Morgan fingerprint density at radius 3 is 2.30 bits per heavy atom. The van der Waals surface area contributed by atoms with Crippen molar-refractivity contribution in [3.05, 3.63) is 5.82 Å². The van der Waals surface area contributed by atoms with E-state index < -0.39 is 17.0 Å². The molecule has 0 spiro atoms. The standard InChI is InChI=1S/C13H24N4O3/c1-6-12(4,20-5)10-14-15-16-17(10)9-13(7-2,8-3)11(18)19/h6-9H2,1-5H3,(H,18,19). The van der Waals surface area contributed by atoms with Gasteiger partial charge in [0.05, 0.1) is 12.0 Å². The van der Waals surface area contributed by atoms with Crippen LogP contribution in [-0.2, 0) is 21.7 Å². The molecule has 20 heavy (non-hydrogen) atoms. The molecule has 0 fully saturated rings. The highest BCUT2D eigenvalue weighted by atomic mass is 16.5. The van der Waals surface area contributed by atoms with E-state index in [-0.39, 0.29) is 6.54 Å². The fourth-order valence-corrected chi connectivity index (χ4v) is 2.21. The minimum absolute atomic E-state index is 0.247. The number of aliphatic carboxylic acids is 1. The predicted octanol–water partition coefficient (Wildman–Crippen LogP) is 1.84. The molecule has 0 saturated heterocycles. The van der Waals surface area contributed by atoms with E-state index in [1.165, 1.54) is 0 Å². The highest BCUT2D eigenvalue weighted by Gasteiger charge is 2.39. The Morgan fingerprint density at radius 2 is 1.90 bits per heavy atom. The number of nitrogens with zero attached hydrogens (tertiary/aromatic N) is 4. The van der Waals surface area contributed by atoms with Gasteiger partial charge in [0.25, 0.3) is 0 Å². The molecule has 1 aromatic rings. The minimum Gasteiger partial charge on any atom is -0.481 e. The number of ether oxygens (including phenoxy) is 1. The predicted molar refractivity (Wildman–Crippen MR) is 73.1 cm³/mol. The van der Waals surface area contributed by atoms with Crippen LogP contribution in [0, 0.1) is 5.41 Å². The third kappa shape index (κ3) is 2.82. The number of aromatic nitrogens is 4. The molecule has 1 rings (SSSR count). The summed E-state index contributed by atoms with van der Waals surface area (Å²) >= 11 is 0. The SMILES string of the molecule is CCC(CC)(Cn1nnnc1C(C)(CC)OC)C(=O)O. The Kier molecular flexibility index (Phi) is 5.21. The molecule has 0 aliphatic rings. The van der Waals surface area contributed by atoms with E-state index in [9.17, 15) is 9.90 Å². The first-order valence-electron chi connectivity index (χ1n) is 6.94. The van der Waals surface area contributed by atoms with Crippen LogP contribution in [0.3, 0.4) is 0 Å². The van der Waals surface area contributed by atoms with Crippen LogP contribution in [0.15, 0.2) is 0 Å². The van der Waals surface area contributed by atoms with E-state index in [1.807, 2.05) is 27.7 Å². The van der Waals surface area contributed by atoms with E-state index in [0.717, 1.165) is 0 Å². The number of carbonyl (C=O) groups is 1. The molecule has 1 aromatic heterocycles. The largest absolute Gasteiger partial charge is 0.481 e. The van der Waals surface area contributed by atoms with E-state index >= 15 is 0 Å². The van der Waals surface area contributed by atoms with Crippen molar-refractivity contribution in [3.63, 3.8) is 0 Å². The van der Waals surface area contributed by atoms with Crippen molar-refractivity contribution in [3.8, 4) is 0 Å². The normalized spacial score (nSPS) is 15.1. The number of methoxy groups -OCH3 is 1. The first-order valence-corrected chi connectivity index (χ1v) is 6.94. The van der Waals surface area contributed by atoms with Crippen molar-refractivity contribution >= 4 is 5.97 Å². The summed E-state index contributed by atoms with van der Waals surface area (Å²) in [4.78, 5) is 11.6. The second-order valence-electron chi connectivity index (χ2n) is 5.24.